The van der Waals surface area contributed by atoms with Crippen molar-refractivity contribution in [2.45, 2.75) is 24.9 Å². The van der Waals surface area contributed by atoms with Crippen LogP contribution in [0.5, 0.6) is 5.88 Å². The van der Waals surface area contributed by atoms with Crippen molar-refractivity contribution in [3.8, 4) is 5.88 Å². The molecule has 1 aliphatic heterocycles. The highest BCUT2D eigenvalue weighted by atomic mass is 19.4. The van der Waals surface area contributed by atoms with Crippen molar-refractivity contribution in [1.82, 2.24) is 9.97 Å². The van der Waals surface area contributed by atoms with Crippen LogP contribution in [0, 0.1) is 0 Å². The number of aromatic hydroxyl groups is 1. The van der Waals surface area contributed by atoms with E-state index >= 15 is 0 Å². The van der Waals surface area contributed by atoms with Gasteiger partial charge in [0, 0.05) is 31.2 Å². The standard InChI is InChI=1S/C17H15F3N4O2/c18-17(19,20)13-9-11(3-5-21-13)23-7-8-24(16(23)26)14-12(10-1-2-10)4-6-22-15(14)25/h3-6,9-10H,1-2,7-8H2,(H,22,25). The summed E-state index contributed by atoms with van der Waals surface area (Å²) in [6.45, 7) is 0.458. The van der Waals surface area contributed by atoms with E-state index in [9.17, 15) is 23.1 Å². The number of amides is 2. The third kappa shape index (κ3) is 2.83. The Morgan fingerprint density at radius 3 is 2.46 bits per heavy atom. The van der Waals surface area contributed by atoms with Gasteiger partial charge in [0.15, 0.2) is 0 Å². The Balaban J connectivity index is 1.66. The molecule has 6 nitrogen and oxygen atoms in total. The lowest BCUT2D eigenvalue weighted by Gasteiger charge is -2.21. The number of anilines is 2. The number of rotatable bonds is 3. The first kappa shape index (κ1) is 16.6. The molecule has 26 heavy (non-hydrogen) atoms. The van der Waals surface area contributed by atoms with Gasteiger partial charge in [-0.05, 0) is 42.5 Å². The molecule has 9 heteroatoms. The first-order chi connectivity index (χ1) is 12.4. The number of halogens is 3. The van der Waals surface area contributed by atoms with Gasteiger partial charge in [0.05, 0.1) is 0 Å². The lowest BCUT2D eigenvalue weighted by Crippen LogP contribution is -2.32. The molecule has 1 aliphatic carbocycles. The maximum absolute atomic E-state index is 12.9. The second kappa shape index (κ2) is 5.86. The van der Waals surface area contributed by atoms with Crippen molar-refractivity contribution in [3.63, 3.8) is 0 Å². The molecule has 1 saturated heterocycles. The third-order valence-corrected chi connectivity index (χ3v) is 4.58. The zero-order valence-electron chi connectivity index (χ0n) is 13.6. The number of pyridine rings is 2. The number of carbonyl (C=O) groups excluding carboxylic acids is 1. The fourth-order valence-electron chi connectivity index (χ4n) is 3.18. The fourth-order valence-corrected chi connectivity index (χ4v) is 3.18. The second-order valence-electron chi connectivity index (χ2n) is 6.33. The Kier molecular flexibility index (Phi) is 3.74. The Morgan fingerprint density at radius 1 is 1.08 bits per heavy atom. The van der Waals surface area contributed by atoms with Crippen LogP contribution in [0.3, 0.4) is 0 Å². The number of nitrogens with zero attached hydrogens (tertiary/aromatic N) is 4. The summed E-state index contributed by atoms with van der Waals surface area (Å²) in [6.07, 6.45) is -0.114. The SMILES string of the molecule is O=C1N(c2ccnc(C(F)(F)F)c2)CCN1c1c(C2CC2)ccnc1O. The number of alkyl halides is 3. The van der Waals surface area contributed by atoms with E-state index in [1.165, 1.54) is 22.1 Å². The van der Waals surface area contributed by atoms with E-state index in [-0.39, 0.29) is 30.6 Å². The average Bonchev–Trinajstić information content (AvgIpc) is 3.37. The van der Waals surface area contributed by atoms with Gasteiger partial charge in [-0.3, -0.25) is 14.8 Å². The third-order valence-electron chi connectivity index (χ3n) is 4.58. The van der Waals surface area contributed by atoms with Crippen LogP contribution < -0.4 is 9.80 Å². The highest BCUT2D eigenvalue weighted by Gasteiger charge is 2.38. The molecule has 0 spiro atoms. The van der Waals surface area contributed by atoms with E-state index in [0.717, 1.165) is 30.7 Å². The molecular formula is C17H15F3N4O2. The summed E-state index contributed by atoms with van der Waals surface area (Å²) in [5.41, 5.74) is 0.270. The first-order valence-corrected chi connectivity index (χ1v) is 8.16. The molecule has 0 bridgehead atoms. The first-order valence-electron chi connectivity index (χ1n) is 8.16. The highest BCUT2D eigenvalue weighted by Crippen LogP contribution is 2.47. The smallest absolute Gasteiger partial charge is 0.433 e. The summed E-state index contributed by atoms with van der Waals surface area (Å²) in [5.74, 6) is 0.0359. The van der Waals surface area contributed by atoms with Crippen molar-refractivity contribution in [2.24, 2.45) is 0 Å². The summed E-state index contributed by atoms with van der Waals surface area (Å²) in [7, 11) is 0. The summed E-state index contributed by atoms with van der Waals surface area (Å²) < 4.78 is 38.6. The zero-order chi connectivity index (χ0) is 18.5. The van der Waals surface area contributed by atoms with Gasteiger partial charge in [-0.15, -0.1) is 0 Å². The van der Waals surface area contributed by atoms with E-state index in [0.29, 0.717) is 5.69 Å². The van der Waals surface area contributed by atoms with Crippen LogP contribution in [-0.4, -0.2) is 34.2 Å². The Labute approximate surface area is 146 Å². The van der Waals surface area contributed by atoms with Gasteiger partial charge < -0.3 is 5.11 Å². The molecule has 0 atom stereocenters. The van der Waals surface area contributed by atoms with Crippen molar-refractivity contribution in [1.29, 1.82) is 0 Å². The lowest BCUT2D eigenvalue weighted by atomic mass is 10.1. The van der Waals surface area contributed by atoms with Gasteiger partial charge >= 0.3 is 12.2 Å². The summed E-state index contributed by atoms with van der Waals surface area (Å²) in [6, 6.07) is 3.50. The van der Waals surface area contributed by atoms with Gasteiger partial charge in [0.25, 0.3) is 0 Å². The van der Waals surface area contributed by atoms with Crippen molar-refractivity contribution < 1.29 is 23.1 Å². The number of hydrogen-bond donors (Lipinski definition) is 1. The minimum Gasteiger partial charge on any atom is -0.492 e. The largest absolute Gasteiger partial charge is 0.492 e. The van der Waals surface area contributed by atoms with Gasteiger partial charge in [-0.2, -0.15) is 13.2 Å². The molecule has 136 valence electrons. The van der Waals surface area contributed by atoms with Gasteiger partial charge in [0.2, 0.25) is 5.88 Å². The van der Waals surface area contributed by atoms with Crippen LogP contribution in [0.2, 0.25) is 0 Å². The Morgan fingerprint density at radius 2 is 1.77 bits per heavy atom. The normalized spacial score (nSPS) is 17.9. The maximum Gasteiger partial charge on any atom is 0.433 e. The number of aromatic nitrogens is 2. The fraction of sp³-hybridized carbons (Fsp3) is 0.353. The predicted octanol–water partition coefficient (Wildman–Crippen LogP) is 3.53. The topological polar surface area (TPSA) is 69.6 Å². The molecule has 2 fully saturated rings. The van der Waals surface area contributed by atoms with E-state index in [1.807, 2.05) is 0 Å². The highest BCUT2D eigenvalue weighted by molar-refractivity contribution is 6.07. The quantitative estimate of drug-likeness (QED) is 0.905. The van der Waals surface area contributed by atoms with E-state index < -0.39 is 17.9 Å². The average molecular weight is 364 g/mol. The summed E-state index contributed by atoms with van der Waals surface area (Å²) in [4.78, 5) is 22.6. The monoisotopic (exact) mass is 364 g/mol. The second-order valence-corrected chi connectivity index (χ2v) is 6.33. The predicted molar refractivity (Wildman–Crippen MR) is 87.2 cm³/mol. The lowest BCUT2D eigenvalue weighted by molar-refractivity contribution is -0.141. The van der Waals surface area contributed by atoms with Crippen LogP contribution in [0.4, 0.5) is 29.3 Å². The van der Waals surface area contributed by atoms with Crippen LogP contribution in [-0.2, 0) is 6.18 Å². The molecule has 2 amide bonds. The van der Waals surface area contributed by atoms with Crippen LogP contribution >= 0.6 is 0 Å². The van der Waals surface area contributed by atoms with E-state index in [1.54, 1.807) is 6.07 Å². The molecular weight excluding hydrogens is 349 g/mol. The minimum atomic E-state index is -4.58. The van der Waals surface area contributed by atoms with Gasteiger partial charge in [-0.1, -0.05) is 0 Å². The Bertz CT molecular complexity index is 867. The van der Waals surface area contributed by atoms with Crippen LogP contribution in [0.25, 0.3) is 0 Å². The minimum absolute atomic E-state index is 0.121. The summed E-state index contributed by atoms with van der Waals surface area (Å²) in [5, 5.41) is 10.2. The number of hydrogen-bond acceptors (Lipinski definition) is 4. The van der Waals surface area contributed by atoms with Gasteiger partial charge in [-0.25, -0.2) is 9.78 Å². The van der Waals surface area contributed by atoms with E-state index in [4.69, 9.17) is 0 Å². The molecule has 2 aromatic rings. The number of carbonyl (C=O) groups is 1. The molecule has 3 heterocycles. The molecule has 0 aromatic carbocycles. The molecule has 4 rings (SSSR count). The van der Waals surface area contributed by atoms with E-state index in [2.05, 4.69) is 9.97 Å². The van der Waals surface area contributed by atoms with Gasteiger partial charge in [0.1, 0.15) is 11.4 Å². The maximum atomic E-state index is 12.9. The Hall–Kier alpha value is -2.84. The molecule has 1 saturated carbocycles. The molecule has 1 N–H and O–H groups in total. The summed E-state index contributed by atoms with van der Waals surface area (Å²) >= 11 is 0. The number of urea groups is 1. The molecule has 0 radical (unpaired) electrons. The zero-order valence-corrected chi connectivity index (χ0v) is 13.6. The van der Waals surface area contributed by atoms with Crippen LogP contribution in [0.1, 0.15) is 30.0 Å². The van der Waals surface area contributed by atoms with Crippen molar-refractivity contribution in [2.75, 3.05) is 22.9 Å². The van der Waals surface area contributed by atoms with Crippen LogP contribution in [0.15, 0.2) is 30.6 Å². The molecule has 2 aliphatic rings. The van der Waals surface area contributed by atoms with Crippen molar-refractivity contribution >= 4 is 17.4 Å². The van der Waals surface area contributed by atoms with Crippen molar-refractivity contribution in [3.05, 3.63) is 41.9 Å². The molecule has 2 aromatic heterocycles. The molecule has 0 unspecified atom stereocenters.